The molecule has 2 fully saturated rings. The van der Waals surface area contributed by atoms with Crippen LogP contribution in [0.3, 0.4) is 0 Å². The maximum absolute atomic E-state index is 12.5. The summed E-state index contributed by atoms with van der Waals surface area (Å²) in [5, 5.41) is 88.2. The van der Waals surface area contributed by atoms with E-state index in [1.807, 2.05) is 30.3 Å². The summed E-state index contributed by atoms with van der Waals surface area (Å²) in [6.45, 7) is 4.16. The van der Waals surface area contributed by atoms with E-state index in [0.29, 0.717) is 40.8 Å². The van der Waals surface area contributed by atoms with Crippen LogP contribution in [0.1, 0.15) is 59.4 Å². The van der Waals surface area contributed by atoms with Crippen molar-refractivity contribution in [1.82, 2.24) is 24.5 Å². The van der Waals surface area contributed by atoms with Gasteiger partial charge in [0.15, 0.2) is 0 Å². The number of rotatable bonds is 10. The Bertz CT molecular complexity index is 2380. The fraction of sp³-hybridized carbons (Fsp3) is 0.419. The number of aliphatic hydroxyl groups excluding tert-OH is 8. The van der Waals surface area contributed by atoms with Crippen molar-refractivity contribution in [3.63, 3.8) is 0 Å². The average molecular weight is 814 g/mol. The van der Waals surface area contributed by atoms with Crippen LogP contribution < -0.4 is 5.69 Å². The van der Waals surface area contributed by atoms with Gasteiger partial charge in [-0.25, -0.2) is 9.48 Å². The Balaban J connectivity index is 0.000000179. The Morgan fingerprint density at radius 1 is 0.593 bits per heavy atom. The lowest BCUT2D eigenvalue weighted by Gasteiger charge is -2.40. The van der Waals surface area contributed by atoms with Crippen LogP contribution in [0.15, 0.2) is 89.7 Å². The van der Waals surface area contributed by atoms with E-state index in [9.17, 15) is 45.6 Å². The largest absolute Gasteiger partial charge is 0.394 e. The standard InChI is InChI=1S/C22H26N2O6.C21H25N3O5/c1-2-12-3-5-13(6-4-12)10-24-16-9-14(7-8-15(16)23-22(24)29)21-20(28)19(27)18(26)17(11-25)30-21;1-2-12-3-5-13(6-4-12)10-24-16-9-14(7-8-15(16)22-23-24)21-20(28)19(27)18(26)17(11-25)29-21/h3-9,17-21,25-28H,2,10-11H2,1H3,(H,23,29);3-9,17-21,25-28H,2,10-11H2,1H3/t2*17-,18-,19+,20-,21+/m11/s1. The molecule has 0 bridgehead atoms. The van der Waals surface area contributed by atoms with Gasteiger partial charge in [0.25, 0.3) is 0 Å². The van der Waals surface area contributed by atoms with Crippen LogP contribution in [0, 0.1) is 0 Å². The first-order valence-corrected chi connectivity index (χ1v) is 19.8. The molecule has 2 aromatic heterocycles. The molecular formula is C43H51N5O11. The first-order chi connectivity index (χ1) is 28.4. The number of H-pyrrole nitrogens is 1. The molecule has 16 nitrogen and oxygen atoms in total. The normalized spacial score (nSPS) is 27.2. The van der Waals surface area contributed by atoms with Crippen LogP contribution in [0.4, 0.5) is 0 Å². The average Bonchev–Trinajstić information content (AvgIpc) is 3.81. The number of fused-ring (bicyclic) bond motifs is 2. The first kappa shape index (κ1) is 42.3. The van der Waals surface area contributed by atoms with Crippen molar-refractivity contribution in [2.75, 3.05) is 13.2 Å². The highest BCUT2D eigenvalue weighted by Gasteiger charge is 2.45. The number of aliphatic hydroxyl groups is 8. The van der Waals surface area contributed by atoms with Gasteiger partial charge in [0.1, 0.15) is 66.6 Å². The number of aromatic nitrogens is 5. The summed E-state index contributed by atoms with van der Waals surface area (Å²) in [5.74, 6) is 0. The molecule has 16 heteroatoms. The summed E-state index contributed by atoms with van der Waals surface area (Å²) >= 11 is 0. The molecule has 0 saturated carbocycles. The van der Waals surface area contributed by atoms with Crippen LogP contribution in [0.5, 0.6) is 0 Å². The molecule has 0 aliphatic carbocycles. The van der Waals surface area contributed by atoms with Gasteiger partial charge < -0.3 is 55.3 Å². The van der Waals surface area contributed by atoms with Gasteiger partial charge in [-0.15, -0.1) is 5.10 Å². The third-order valence-corrected chi connectivity index (χ3v) is 11.3. The lowest BCUT2D eigenvalue weighted by atomic mass is 9.91. The second-order valence-electron chi connectivity index (χ2n) is 15.1. The lowest BCUT2D eigenvalue weighted by Crippen LogP contribution is -2.55. The fourth-order valence-electron chi connectivity index (χ4n) is 7.65. The molecule has 314 valence electrons. The van der Waals surface area contributed by atoms with E-state index >= 15 is 0 Å². The Kier molecular flexibility index (Phi) is 13.0. The van der Waals surface area contributed by atoms with Gasteiger partial charge in [-0.3, -0.25) is 4.57 Å². The predicted molar refractivity (Wildman–Crippen MR) is 215 cm³/mol. The topological polar surface area (TPSA) is 249 Å². The second-order valence-corrected chi connectivity index (χ2v) is 15.1. The molecular weight excluding hydrogens is 762 g/mol. The number of nitrogens with zero attached hydrogens (tertiary/aromatic N) is 4. The van der Waals surface area contributed by atoms with Crippen LogP contribution in [-0.2, 0) is 35.4 Å². The summed E-state index contributed by atoms with van der Waals surface area (Å²) in [6.07, 6.45) is -10.2. The van der Waals surface area contributed by atoms with Gasteiger partial charge in [-0.2, -0.15) is 0 Å². The van der Waals surface area contributed by atoms with Crippen molar-refractivity contribution in [3.05, 3.63) is 129 Å². The number of aryl methyl sites for hydroxylation is 2. The number of nitrogens with one attached hydrogen (secondary N) is 1. The molecule has 0 spiro atoms. The van der Waals surface area contributed by atoms with E-state index in [0.717, 1.165) is 29.5 Å². The van der Waals surface area contributed by atoms with Crippen molar-refractivity contribution in [3.8, 4) is 0 Å². The number of aromatic amines is 1. The molecule has 0 amide bonds. The summed E-state index contributed by atoms with van der Waals surface area (Å²) in [6, 6.07) is 26.8. The van der Waals surface area contributed by atoms with Crippen molar-refractivity contribution < 1.29 is 50.3 Å². The van der Waals surface area contributed by atoms with E-state index < -0.39 is 74.3 Å². The quantitative estimate of drug-likeness (QED) is 0.0939. The van der Waals surface area contributed by atoms with Crippen LogP contribution >= 0.6 is 0 Å². The second kappa shape index (κ2) is 18.2. The molecule has 10 atom stereocenters. The molecule has 59 heavy (non-hydrogen) atoms. The third-order valence-electron chi connectivity index (χ3n) is 11.3. The minimum atomic E-state index is -1.46. The zero-order chi connectivity index (χ0) is 42.0. The molecule has 6 aromatic rings. The van der Waals surface area contributed by atoms with Crippen molar-refractivity contribution in [2.24, 2.45) is 0 Å². The highest BCUT2D eigenvalue weighted by atomic mass is 16.6. The molecule has 2 aliphatic rings. The molecule has 8 rings (SSSR count). The Labute approximate surface area is 339 Å². The molecule has 2 aliphatic heterocycles. The van der Waals surface area contributed by atoms with Crippen LogP contribution in [0.2, 0.25) is 0 Å². The predicted octanol–water partition coefficient (Wildman–Crippen LogP) is 1.01. The highest BCUT2D eigenvalue weighted by molar-refractivity contribution is 5.77. The van der Waals surface area contributed by atoms with Gasteiger partial charge >= 0.3 is 5.69 Å². The highest BCUT2D eigenvalue weighted by Crippen LogP contribution is 2.35. The van der Waals surface area contributed by atoms with Gasteiger partial charge in [0, 0.05) is 0 Å². The van der Waals surface area contributed by atoms with Crippen molar-refractivity contribution in [2.45, 2.75) is 101 Å². The number of hydrogen-bond acceptors (Lipinski definition) is 13. The minimum Gasteiger partial charge on any atom is -0.394 e. The van der Waals surface area contributed by atoms with E-state index in [2.05, 4.69) is 53.4 Å². The van der Waals surface area contributed by atoms with Crippen molar-refractivity contribution in [1.29, 1.82) is 0 Å². The monoisotopic (exact) mass is 813 g/mol. The zero-order valence-electron chi connectivity index (χ0n) is 32.7. The number of ether oxygens (including phenoxy) is 2. The van der Waals surface area contributed by atoms with E-state index in [-0.39, 0.29) is 5.69 Å². The van der Waals surface area contributed by atoms with Gasteiger partial charge in [0.05, 0.1) is 42.9 Å². The van der Waals surface area contributed by atoms with E-state index in [4.69, 9.17) is 9.47 Å². The summed E-state index contributed by atoms with van der Waals surface area (Å²) in [4.78, 5) is 15.4. The van der Waals surface area contributed by atoms with Gasteiger partial charge in [-0.05, 0) is 70.5 Å². The third kappa shape index (κ3) is 8.74. The Hall–Kier alpha value is -4.85. The summed E-state index contributed by atoms with van der Waals surface area (Å²) in [5.41, 5.74) is 8.18. The molecule has 0 unspecified atom stereocenters. The van der Waals surface area contributed by atoms with Crippen LogP contribution in [-0.4, -0.2) is 127 Å². The Morgan fingerprint density at radius 3 is 1.58 bits per heavy atom. The number of benzene rings is 4. The zero-order valence-corrected chi connectivity index (χ0v) is 32.7. The molecule has 0 radical (unpaired) electrons. The van der Waals surface area contributed by atoms with Crippen LogP contribution in [0.25, 0.3) is 22.1 Å². The lowest BCUT2D eigenvalue weighted by molar-refractivity contribution is -0.231. The maximum atomic E-state index is 12.5. The molecule has 9 N–H and O–H groups in total. The molecule has 2 saturated heterocycles. The smallest absolute Gasteiger partial charge is 0.326 e. The van der Waals surface area contributed by atoms with E-state index in [1.165, 1.54) is 11.1 Å². The maximum Gasteiger partial charge on any atom is 0.326 e. The van der Waals surface area contributed by atoms with Gasteiger partial charge in [-0.1, -0.05) is 79.7 Å². The fourth-order valence-corrected chi connectivity index (χ4v) is 7.65. The SMILES string of the molecule is CCc1ccc(Cn2c(=O)[nH]c3ccc([C@@H]4O[C@H](CO)[C@@H](O)[C@H](O)[C@H]4O)cc32)cc1.CCc1ccc(Cn2nnc3ccc([C@@H]4O[C@H](CO)[C@@H](O)[C@H](O)[C@H]4O)cc32)cc1. The number of hydrogen-bond donors (Lipinski definition) is 9. The summed E-state index contributed by atoms with van der Waals surface area (Å²) < 4.78 is 14.7. The Morgan fingerprint density at radius 2 is 1.07 bits per heavy atom. The van der Waals surface area contributed by atoms with E-state index in [1.54, 1.807) is 39.6 Å². The molecule has 4 heterocycles. The first-order valence-electron chi connectivity index (χ1n) is 19.8. The number of imidazole rings is 1. The van der Waals surface area contributed by atoms with Crippen molar-refractivity contribution >= 4 is 22.1 Å². The molecule has 4 aromatic carbocycles. The summed E-state index contributed by atoms with van der Waals surface area (Å²) in [7, 11) is 0. The van der Waals surface area contributed by atoms with Gasteiger partial charge in [0.2, 0.25) is 0 Å². The minimum absolute atomic E-state index is 0.254.